The van der Waals surface area contributed by atoms with Crippen LogP contribution in [0.25, 0.3) is 11.4 Å². The zero-order valence-corrected chi connectivity index (χ0v) is 19.8. The third-order valence-corrected chi connectivity index (χ3v) is 6.31. The van der Waals surface area contributed by atoms with E-state index in [4.69, 9.17) is 28.9 Å². The highest BCUT2D eigenvalue weighted by molar-refractivity contribution is 7.71. The van der Waals surface area contributed by atoms with Crippen molar-refractivity contribution in [1.82, 2.24) is 24.1 Å². The van der Waals surface area contributed by atoms with Crippen molar-refractivity contribution in [2.75, 3.05) is 32.7 Å². The largest absolute Gasteiger partial charge is 0.301 e. The predicted octanol–water partition coefficient (Wildman–Crippen LogP) is 5.01. The first-order valence-corrected chi connectivity index (χ1v) is 11.7. The van der Waals surface area contributed by atoms with Gasteiger partial charge in [0.05, 0.1) is 13.2 Å². The van der Waals surface area contributed by atoms with Crippen molar-refractivity contribution in [1.29, 1.82) is 0 Å². The zero-order chi connectivity index (χ0) is 21.8. The number of benzene rings is 2. The lowest BCUT2D eigenvalue weighted by Crippen LogP contribution is -2.47. The molecule has 0 unspecified atom stereocenters. The number of rotatable bonds is 7. The van der Waals surface area contributed by atoms with Crippen LogP contribution in [0.2, 0.25) is 5.02 Å². The van der Waals surface area contributed by atoms with Gasteiger partial charge in [-0.25, -0.2) is 4.68 Å². The van der Waals surface area contributed by atoms with E-state index in [9.17, 15) is 0 Å². The molecule has 0 spiro atoms. The van der Waals surface area contributed by atoms with E-state index in [2.05, 4.69) is 52.5 Å². The normalized spacial score (nSPS) is 15.6. The summed E-state index contributed by atoms with van der Waals surface area (Å²) in [5.74, 6) is 1.58. The highest BCUT2D eigenvalue weighted by Gasteiger charge is 2.20. The molecule has 1 fully saturated rings. The molecule has 0 atom stereocenters. The molecule has 164 valence electrons. The molecule has 1 aliphatic heterocycles. The predicted molar refractivity (Wildman–Crippen MR) is 130 cm³/mol. The first kappa shape index (κ1) is 22.2. The fraction of sp³-hybridized carbons (Fsp3) is 0.417. The van der Waals surface area contributed by atoms with Crippen LogP contribution in [0.1, 0.15) is 19.4 Å². The highest BCUT2D eigenvalue weighted by Crippen LogP contribution is 2.22. The molecule has 0 radical (unpaired) electrons. The van der Waals surface area contributed by atoms with E-state index in [1.807, 2.05) is 35.0 Å². The van der Waals surface area contributed by atoms with Crippen LogP contribution in [0, 0.1) is 10.7 Å². The molecule has 0 aliphatic carbocycles. The van der Waals surface area contributed by atoms with Gasteiger partial charge in [0.2, 0.25) is 0 Å². The van der Waals surface area contributed by atoms with E-state index in [-0.39, 0.29) is 0 Å². The van der Waals surface area contributed by atoms with E-state index in [0.29, 0.717) is 12.5 Å². The lowest BCUT2D eigenvalue weighted by atomic mass is 10.2. The Balaban J connectivity index is 1.58. The van der Waals surface area contributed by atoms with Gasteiger partial charge in [0.15, 0.2) is 10.6 Å². The summed E-state index contributed by atoms with van der Waals surface area (Å²) in [6.45, 7) is 11.4. The lowest BCUT2D eigenvalue weighted by Gasteiger charge is -2.35. The maximum Gasteiger partial charge on any atom is 0.199 e. The molecule has 7 heteroatoms. The summed E-state index contributed by atoms with van der Waals surface area (Å²) >= 11 is 12.0. The zero-order valence-electron chi connectivity index (χ0n) is 18.2. The standard InChI is InChI=1S/C24H30ClN5S/c1-19(2)16-27-12-14-28(15-13-27)18-30-24(31)29(17-20-6-4-3-5-7-20)23(26-30)21-8-10-22(25)11-9-21/h3-11,19H,12-18H2,1-2H3. The van der Waals surface area contributed by atoms with Crippen molar-refractivity contribution in [2.24, 2.45) is 5.92 Å². The van der Waals surface area contributed by atoms with Crippen LogP contribution in [0.3, 0.4) is 0 Å². The quantitative estimate of drug-likeness (QED) is 0.468. The van der Waals surface area contributed by atoms with Crippen LogP contribution in [0.4, 0.5) is 0 Å². The number of halogens is 1. The Labute approximate surface area is 194 Å². The van der Waals surface area contributed by atoms with Gasteiger partial charge in [-0.1, -0.05) is 55.8 Å². The van der Waals surface area contributed by atoms with E-state index >= 15 is 0 Å². The molecule has 2 heterocycles. The second kappa shape index (κ2) is 10.1. The van der Waals surface area contributed by atoms with Crippen molar-refractivity contribution in [3.05, 3.63) is 70.0 Å². The average molecular weight is 456 g/mol. The molecule has 0 saturated carbocycles. The number of hydrogen-bond acceptors (Lipinski definition) is 4. The van der Waals surface area contributed by atoms with Gasteiger partial charge >= 0.3 is 0 Å². The molecule has 0 N–H and O–H groups in total. The van der Waals surface area contributed by atoms with Gasteiger partial charge in [-0.3, -0.25) is 9.47 Å². The molecule has 0 bridgehead atoms. The van der Waals surface area contributed by atoms with Crippen LogP contribution in [0.5, 0.6) is 0 Å². The summed E-state index contributed by atoms with van der Waals surface area (Å²) in [6, 6.07) is 18.2. The second-order valence-corrected chi connectivity index (χ2v) is 9.44. The molecule has 1 aliphatic rings. The molecular formula is C24H30ClN5S. The fourth-order valence-corrected chi connectivity index (χ4v) is 4.45. The third-order valence-electron chi connectivity index (χ3n) is 5.63. The Morgan fingerprint density at radius 1 is 0.935 bits per heavy atom. The minimum atomic E-state index is 0.694. The second-order valence-electron chi connectivity index (χ2n) is 8.64. The SMILES string of the molecule is CC(C)CN1CCN(Cn2nc(-c3ccc(Cl)cc3)n(Cc3ccccc3)c2=S)CC1. The Morgan fingerprint density at radius 3 is 2.23 bits per heavy atom. The Bertz CT molecular complexity index is 1030. The third kappa shape index (κ3) is 5.63. The van der Waals surface area contributed by atoms with Crippen molar-refractivity contribution >= 4 is 23.8 Å². The van der Waals surface area contributed by atoms with Crippen molar-refractivity contribution in [3.63, 3.8) is 0 Å². The van der Waals surface area contributed by atoms with E-state index in [1.54, 1.807) is 0 Å². The molecule has 5 nitrogen and oxygen atoms in total. The smallest absolute Gasteiger partial charge is 0.199 e. The van der Waals surface area contributed by atoms with Crippen LogP contribution >= 0.6 is 23.8 Å². The molecule has 1 saturated heterocycles. The summed E-state index contributed by atoms with van der Waals surface area (Å²) in [7, 11) is 0. The Kier molecular flexibility index (Phi) is 7.23. The Hall–Kier alpha value is -1.99. The van der Waals surface area contributed by atoms with Crippen molar-refractivity contribution < 1.29 is 0 Å². The van der Waals surface area contributed by atoms with Gasteiger partial charge in [-0.15, -0.1) is 0 Å². The van der Waals surface area contributed by atoms with Crippen LogP contribution in [-0.2, 0) is 13.2 Å². The average Bonchev–Trinajstić information content (AvgIpc) is 3.06. The molecule has 31 heavy (non-hydrogen) atoms. The summed E-state index contributed by atoms with van der Waals surface area (Å²) in [4.78, 5) is 4.99. The van der Waals surface area contributed by atoms with Crippen LogP contribution in [-0.4, -0.2) is 56.9 Å². The number of piperazine rings is 1. The highest BCUT2D eigenvalue weighted by atomic mass is 35.5. The first-order valence-electron chi connectivity index (χ1n) is 10.9. The number of nitrogens with zero attached hydrogens (tertiary/aromatic N) is 5. The molecule has 4 rings (SSSR count). The summed E-state index contributed by atoms with van der Waals surface area (Å²) in [5, 5.41) is 5.66. The van der Waals surface area contributed by atoms with Crippen molar-refractivity contribution in [3.8, 4) is 11.4 Å². The van der Waals surface area contributed by atoms with Gasteiger partial charge in [0.25, 0.3) is 0 Å². The van der Waals surface area contributed by atoms with Gasteiger partial charge in [-0.05, 0) is 48.0 Å². The van der Waals surface area contributed by atoms with Gasteiger partial charge < -0.3 is 4.90 Å². The van der Waals surface area contributed by atoms with E-state index in [0.717, 1.165) is 54.0 Å². The molecule has 1 aromatic heterocycles. The number of hydrogen-bond donors (Lipinski definition) is 0. The topological polar surface area (TPSA) is 29.2 Å². The summed E-state index contributed by atoms with van der Waals surface area (Å²) < 4.78 is 4.85. The molecular weight excluding hydrogens is 426 g/mol. The minimum Gasteiger partial charge on any atom is -0.301 e. The lowest BCUT2D eigenvalue weighted by molar-refractivity contribution is 0.0950. The van der Waals surface area contributed by atoms with Gasteiger partial charge in [-0.2, -0.15) is 5.10 Å². The van der Waals surface area contributed by atoms with E-state index in [1.165, 1.54) is 12.1 Å². The molecule has 0 amide bonds. The Morgan fingerprint density at radius 2 is 1.58 bits per heavy atom. The van der Waals surface area contributed by atoms with Crippen molar-refractivity contribution in [2.45, 2.75) is 27.1 Å². The molecule has 2 aromatic carbocycles. The number of aromatic nitrogens is 3. The summed E-state index contributed by atoms with van der Waals surface area (Å²) in [5.41, 5.74) is 2.22. The van der Waals surface area contributed by atoms with Gasteiger partial charge in [0.1, 0.15) is 0 Å². The van der Waals surface area contributed by atoms with Gasteiger partial charge in [0, 0.05) is 43.3 Å². The monoisotopic (exact) mass is 455 g/mol. The fourth-order valence-electron chi connectivity index (χ4n) is 4.07. The first-order chi connectivity index (χ1) is 15.0. The summed E-state index contributed by atoms with van der Waals surface area (Å²) in [6.07, 6.45) is 0. The van der Waals surface area contributed by atoms with Crippen LogP contribution in [0.15, 0.2) is 54.6 Å². The minimum absolute atomic E-state index is 0.694. The maximum atomic E-state index is 6.11. The van der Waals surface area contributed by atoms with Crippen LogP contribution < -0.4 is 0 Å². The van der Waals surface area contributed by atoms with E-state index < -0.39 is 0 Å². The maximum absolute atomic E-state index is 6.11. The molecule has 3 aromatic rings.